The van der Waals surface area contributed by atoms with Gasteiger partial charge in [0.2, 0.25) is 0 Å². The summed E-state index contributed by atoms with van der Waals surface area (Å²) in [4.78, 5) is 0. The van der Waals surface area contributed by atoms with Crippen LogP contribution in [0.25, 0.3) is 0 Å². The van der Waals surface area contributed by atoms with Crippen LogP contribution in [0.15, 0.2) is 72.8 Å². The molecule has 3 aromatic rings. The molecule has 3 aromatic carbocycles. The van der Waals surface area contributed by atoms with Crippen molar-refractivity contribution >= 4 is 11.6 Å². The van der Waals surface area contributed by atoms with Crippen molar-refractivity contribution in [2.75, 3.05) is 0 Å². The van der Waals surface area contributed by atoms with Crippen LogP contribution in [-0.4, -0.2) is 0 Å². The van der Waals surface area contributed by atoms with Crippen molar-refractivity contribution in [3.05, 3.63) is 94.5 Å². The van der Waals surface area contributed by atoms with E-state index in [9.17, 15) is 0 Å². The van der Waals surface area contributed by atoms with E-state index >= 15 is 0 Å². The number of hydrogen-bond acceptors (Lipinski definition) is 1. The zero-order valence-electron chi connectivity index (χ0n) is 17.4. The van der Waals surface area contributed by atoms with Gasteiger partial charge in [-0.05, 0) is 70.3 Å². The fourth-order valence-corrected chi connectivity index (χ4v) is 3.52. The molecule has 0 aliphatic carbocycles. The molecule has 0 radical (unpaired) electrons. The van der Waals surface area contributed by atoms with Crippen LogP contribution >= 0.6 is 11.6 Å². The Labute approximate surface area is 174 Å². The third-order valence-corrected chi connectivity index (χ3v) is 5.38. The summed E-state index contributed by atoms with van der Waals surface area (Å²) < 4.78 is 6.11. The molecular formula is C26H29ClO. The van der Waals surface area contributed by atoms with E-state index in [2.05, 4.69) is 77.1 Å². The van der Waals surface area contributed by atoms with Crippen LogP contribution in [-0.2, 0) is 17.3 Å². The fourth-order valence-electron chi connectivity index (χ4n) is 3.39. The van der Waals surface area contributed by atoms with Gasteiger partial charge >= 0.3 is 0 Å². The molecule has 0 saturated carbocycles. The van der Waals surface area contributed by atoms with Crippen LogP contribution in [0.3, 0.4) is 0 Å². The van der Waals surface area contributed by atoms with Gasteiger partial charge in [-0.25, -0.2) is 0 Å². The third-order valence-electron chi connectivity index (χ3n) is 5.13. The number of halogens is 1. The smallest absolute Gasteiger partial charge is 0.127 e. The fraction of sp³-hybridized carbons (Fsp3) is 0.308. The molecule has 0 amide bonds. The van der Waals surface area contributed by atoms with Gasteiger partial charge in [0.15, 0.2) is 0 Å². The SMILES string of the molecule is CC(C)(C)c1ccc(Oc2cccc(CC(C)(C)c3ccc(Cl)cc3)c2)cc1. The van der Waals surface area contributed by atoms with Gasteiger partial charge in [0, 0.05) is 5.02 Å². The molecule has 0 N–H and O–H groups in total. The van der Waals surface area contributed by atoms with Gasteiger partial charge in [-0.1, -0.05) is 82.6 Å². The van der Waals surface area contributed by atoms with Crippen molar-refractivity contribution in [1.82, 2.24) is 0 Å². The van der Waals surface area contributed by atoms with Gasteiger partial charge in [0.25, 0.3) is 0 Å². The Morgan fingerprint density at radius 2 is 1.32 bits per heavy atom. The van der Waals surface area contributed by atoms with E-state index in [1.54, 1.807) is 0 Å². The Bertz CT molecular complexity index is 916. The maximum Gasteiger partial charge on any atom is 0.127 e. The maximum absolute atomic E-state index is 6.11. The molecule has 0 aliphatic heterocycles. The van der Waals surface area contributed by atoms with Crippen LogP contribution in [0, 0.1) is 0 Å². The van der Waals surface area contributed by atoms with Crippen molar-refractivity contribution in [2.24, 2.45) is 0 Å². The largest absolute Gasteiger partial charge is 0.457 e. The Morgan fingerprint density at radius 3 is 1.93 bits per heavy atom. The number of rotatable bonds is 5. The maximum atomic E-state index is 6.11. The second kappa shape index (κ2) is 8.01. The highest BCUT2D eigenvalue weighted by atomic mass is 35.5. The van der Waals surface area contributed by atoms with Crippen LogP contribution in [0.2, 0.25) is 5.02 Å². The first-order valence-electron chi connectivity index (χ1n) is 9.77. The molecule has 0 bridgehead atoms. The van der Waals surface area contributed by atoms with Gasteiger partial charge in [0.1, 0.15) is 11.5 Å². The summed E-state index contributed by atoms with van der Waals surface area (Å²) in [6.45, 7) is 11.2. The lowest BCUT2D eigenvalue weighted by atomic mass is 9.79. The predicted molar refractivity (Wildman–Crippen MR) is 120 cm³/mol. The monoisotopic (exact) mass is 392 g/mol. The number of benzene rings is 3. The molecule has 0 fully saturated rings. The van der Waals surface area contributed by atoms with Gasteiger partial charge in [-0.15, -0.1) is 0 Å². The molecule has 0 heterocycles. The summed E-state index contributed by atoms with van der Waals surface area (Å²) in [5, 5.41) is 0.771. The van der Waals surface area contributed by atoms with E-state index in [4.69, 9.17) is 16.3 Å². The molecule has 0 atom stereocenters. The molecule has 0 saturated heterocycles. The highest BCUT2D eigenvalue weighted by molar-refractivity contribution is 6.30. The topological polar surface area (TPSA) is 9.23 Å². The van der Waals surface area contributed by atoms with Crippen molar-refractivity contribution in [3.8, 4) is 11.5 Å². The quantitative estimate of drug-likeness (QED) is 0.428. The van der Waals surface area contributed by atoms with Gasteiger partial charge in [-0.2, -0.15) is 0 Å². The van der Waals surface area contributed by atoms with Gasteiger partial charge in [0.05, 0.1) is 0 Å². The zero-order valence-corrected chi connectivity index (χ0v) is 18.2. The predicted octanol–water partition coefficient (Wildman–Crippen LogP) is 7.95. The minimum atomic E-state index is 0.0115. The molecule has 0 unspecified atom stereocenters. The summed E-state index contributed by atoms with van der Waals surface area (Å²) >= 11 is 6.04. The third kappa shape index (κ3) is 5.17. The van der Waals surface area contributed by atoms with Crippen LogP contribution in [0.4, 0.5) is 0 Å². The lowest BCUT2D eigenvalue weighted by Gasteiger charge is -2.26. The molecule has 1 nitrogen and oxygen atoms in total. The second-order valence-corrected chi connectivity index (χ2v) is 9.53. The average Bonchev–Trinajstić information content (AvgIpc) is 2.62. The zero-order chi connectivity index (χ0) is 20.4. The van der Waals surface area contributed by atoms with Crippen LogP contribution < -0.4 is 4.74 Å². The van der Waals surface area contributed by atoms with E-state index in [1.807, 2.05) is 30.3 Å². The lowest BCUT2D eigenvalue weighted by molar-refractivity contribution is 0.477. The van der Waals surface area contributed by atoms with Gasteiger partial charge in [-0.3, -0.25) is 0 Å². The van der Waals surface area contributed by atoms with E-state index in [-0.39, 0.29) is 10.8 Å². The first-order valence-corrected chi connectivity index (χ1v) is 10.1. The van der Waals surface area contributed by atoms with Crippen molar-refractivity contribution in [3.63, 3.8) is 0 Å². The summed E-state index contributed by atoms with van der Waals surface area (Å²) in [5.41, 5.74) is 3.99. The summed E-state index contributed by atoms with van der Waals surface area (Å²) in [6, 6.07) is 24.9. The summed E-state index contributed by atoms with van der Waals surface area (Å²) in [6.07, 6.45) is 0.925. The molecule has 3 rings (SSSR count). The van der Waals surface area contributed by atoms with E-state index in [0.29, 0.717) is 0 Å². The molecule has 146 valence electrons. The number of ether oxygens (including phenoxy) is 1. The molecule has 28 heavy (non-hydrogen) atoms. The van der Waals surface area contributed by atoms with Gasteiger partial charge < -0.3 is 4.74 Å². The van der Waals surface area contributed by atoms with Crippen molar-refractivity contribution in [2.45, 2.75) is 51.9 Å². The normalized spacial score (nSPS) is 12.1. The average molecular weight is 393 g/mol. The molecule has 2 heteroatoms. The number of hydrogen-bond donors (Lipinski definition) is 0. The van der Waals surface area contributed by atoms with Crippen LogP contribution in [0.1, 0.15) is 51.3 Å². The highest BCUT2D eigenvalue weighted by Crippen LogP contribution is 2.31. The van der Waals surface area contributed by atoms with Crippen molar-refractivity contribution < 1.29 is 4.74 Å². The van der Waals surface area contributed by atoms with Crippen LogP contribution in [0.5, 0.6) is 11.5 Å². The Balaban J connectivity index is 1.74. The summed E-state index contributed by atoms with van der Waals surface area (Å²) in [5.74, 6) is 1.73. The minimum Gasteiger partial charge on any atom is -0.457 e. The standard InChI is InChI=1S/C26H29ClO/c1-25(2,3)20-11-15-23(16-12-20)28-24-8-6-7-19(17-24)18-26(4,5)21-9-13-22(27)14-10-21/h6-17H,18H2,1-5H3. The first kappa shape index (κ1) is 20.5. The first-order chi connectivity index (χ1) is 13.1. The molecule has 0 spiro atoms. The van der Waals surface area contributed by atoms with Crippen molar-refractivity contribution in [1.29, 1.82) is 0 Å². The summed E-state index contributed by atoms with van der Waals surface area (Å²) in [7, 11) is 0. The van der Waals surface area contributed by atoms with E-state index < -0.39 is 0 Å². The Kier molecular flexibility index (Phi) is 5.86. The second-order valence-electron chi connectivity index (χ2n) is 9.09. The lowest BCUT2D eigenvalue weighted by Crippen LogP contribution is -2.20. The molecule has 0 aromatic heterocycles. The van der Waals surface area contributed by atoms with E-state index in [1.165, 1.54) is 16.7 Å². The van der Waals surface area contributed by atoms with E-state index in [0.717, 1.165) is 22.9 Å². The highest BCUT2D eigenvalue weighted by Gasteiger charge is 2.21. The molecule has 0 aliphatic rings. The Morgan fingerprint density at radius 1 is 0.714 bits per heavy atom. The minimum absolute atomic E-state index is 0.0115. The molecular weight excluding hydrogens is 364 g/mol. The Hall–Kier alpha value is -2.25.